The molecular formula is C16H14O4S. The standard InChI is InChI=1S/C16H14O4S/c1-9(17)10(2)20-16(18)14-7-11-8-19-13-6-4-3-5-12(13)15(11)21-14/h3-7,10H,8H2,1-2H3/t10-/m0/s1. The highest BCUT2D eigenvalue weighted by atomic mass is 32.1. The molecule has 1 aliphatic rings. The van der Waals surface area contributed by atoms with Gasteiger partial charge in [-0.15, -0.1) is 11.3 Å². The molecule has 1 atom stereocenters. The number of esters is 1. The minimum Gasteiger partial charge on any atom is -0.488 e. The summed E-state index contributed by atoms with van der Waals surface area (Å²) in [6.07, 6.45) is -0.722. The Bertz CT molecular complexity index is 717. The SMILES string of the molecule is CC(=O)[C@H](C)OC(=O)c1cc2c(s1)-c1ccccc1OC2. The van der Waals surface area contributed by atoms with Gasteiger partial charge in [0.1, 0.15) is 17.2 Å². The molecule has 0 radical (unpaired) electrons. The van der Waals surface area contributed by atoms with E-state index in [4.69, 9.17) is 9.47 Å². The average Bonchev–Trinajstić information content (AvgIpc) is 2.91. The van der Waals surface area contributed by atoms with Gasteiger partial charge in [-0.05, 0) is 32.0 Å². The number of ketones is 1. The number of fused-ring (bicyclic) bond motifs is 3. The monoisotopic (exact) mass is 302 g/mol. The Balaban J connectivity index is 1.90. The van der Waals surface area contributed by atoms with Crippen LogP contribution in [0.25, 0.3) is 10.4 Å². The molecule has 0 saturated carbocycles. The molecule has 0 amide bonds. The van der Waals surface area contributed by atoms with E-state index in [-0.39, 0.29) is 5.78 Å². The summed E-state index contributed by atoms with van der Waals surface area (Å²) >= 11 is 1.37. The van der Waals surface area contributed by atoms with Crippen LogP contribution in [-0.2, 0) is 16.1 Å². The maximum atomic E-state index is 12.1. The normalized spacial score (nSPS) is 13.6. The third-order valence-corrected chi connectivity index (χ3v) is 4.57. The number of ether oxygens (including phenoxy) is 2. The van der Waals surface area contributed by atoms with Crippen LogP contribution < -0.4 is 4.74 Å². The average molecular weight is 302 g/mol. The zero-order chi connectivity index (χ0) is 15.0. The molecular weight excluding hydrogens is 288 g/mol. The van der Waals surface area contributed by atoms with Gasteiger partial charge in [0, 0.05) is 16.0 Å². The number of carbonyl (C=O) groups excluding carboxylic acids is 2. The van der Waals surface area contributed by atoms with Crippen LogP contribution in [0.3, 0.4) is 0 Å². The van der Waals surface area contributed by atoms with Crippen molar-refractivity contribution in [2.24, 2.45) is 0 Å². The van der Waals surface area contributed by atoms with E-state index in [0.717, 1.165) is 21.8 Å². The van der Waals surface area contributed by atoms with Gasteiger partial charge in [0.05, 0.1) is 0 Å². The van der Waals surface area contributed by atoms with Crippen molar-refractivity contribution in [1.82, 2.24) is 0 Å². The van der Waals surface area contributed by atoms with Gasteiger partial charge >= 0.3 is 5.97 Å². The second kappa shape index (κ2) is 5.33. The van der Waals surface area contributed by atoms with Crippen molar-refractivity contribution in [2.45, 2.75) is 26.6 Å². The van der Waals surface area contributed by atoms with E-state index in [2.05, 4.69) is 0 Å². The fourth-order valence-electron chi connectivity index (χ4n) is 2.10. The lowest BCUT2D eigenvalue weighted by Crippen LogP contribution is -2.21. The molecule has 0 aliphatic carbocycles. The minimum absolute atomic E-state index is 0.168. The van der Waals surface area contributed by atoms with E-state index in [1.807, 2.05) is 24.3 Å². The largest absolute Gasteiger partial charge is 0.488 e. The summed E-state index contributed by atoms with van der Waals surface area (Å²) < 4.78 is 10.8. The zero-order valence-corrected chi connectivity index (χ0v) is 12.5. The smallest absolute Gasteiger partial charge is 0.349 e. The Hall–Kier alpha value is -2.14. The Morgan fingerprint density at radius 1 is 1.33 bits per heavy atom. The topological polar surface area (TPSA) is 52.6 Å². The molecule has 5 heteroatoms. The number of Topliss-reactive ketones (excluding diaryl/α,β-unsaturated/α-hetero) is 1. The Labute approximate surface area is 126 Å². The minimum atomic E-state index is -0.722. The van der Waals surface area contributed by atoms with E-state index < -0.39 is 12.1 Å². The highest BCUT2D eigenvalue weighted by Gasteiger charge is 2.24. The van der Waals surface area contributed by atoms with Crippen molar-refractivity contribution in [1.29, 1.82) is 0 Å². The predicted molar refractivity (Wildman–Crippen MR) is 79.6 cm³/mol. The number of para-hydroxylation sites is 1. The molecule has 21 heavy (non-hydrogen) atoms. The lowest BCUT2D eigenvalue weighted by Gasteiger charge is -2.16. The van der Waals surface area contributed by atoms with Crippen LogP contribution in [0, 0.1) is 0 Å². The van der Waals surface area contributed by atoms with E-state index in [1.54, 1.807) is 13.0 Å². The summed E-state index contributed by atoms with van der Waals surface area (Å²) in [5.41, 5.74) is 1.96. The van der Waals surface area contributed by atoms with Gasteiger partial charge in [-0.1, -0.05) is 12.1 Å². The molecule has 0 saturated heterocycles. The Morgan fingerprint density at radius 3 is 2.86 bits per heavy atom. The van der Waals surface area contributed by atoms with E-state index in [1.165, 1.54) is 18.3 Å². The maximum absolute atomic E-state index is 12.1. The lowest BCUT2D eigenvalue weighted by atomic mass is 10.1. The quantitative estimate of drug-likeness (QED) is 0.815. The molecule has 1 aliphatic heterocycles. The number of hydrogen-bond donors (Lipinski definition) is 0. The number of carbonyl (C=O) groups is 2. The number of thiophene rings is 1. The summed E-state index contributed by atoms with van der Waals surface area (Å²) in [4.78, 5) is 24.8. The number of benzene rings is 1. The van der Waals surface area contributed by atoms with Crippen molar-refractivity contribution in [3.63, 3.8) is 0 Å². The molecule has 1 aromatic heterocycles. The zero-order valence-electron chi connectivity index (χ0n) is 11.7. The van der Waals surface area contributed by atoms with Crippen LogP contribution in [0.2, 0.25) is 0 Å². The van der Waals surface area contributed by atoms with Crippen LogP contribution in [0.15, 0.2) is 30.3 Å². The summed E-state index contributed by atoms with van der Waals surface area (Å²) in [5, 5.41) is 0. The molecule has 0 fully saturated rings. The van der Waals surface area contributed by atoms with Crippen molar-refractivity contribution in [3.05, 3.63) is 40.8 Å². The fourth-order valence-corrected chi connectivity index (χ4v) is 3.18. The van der Waals surface area contributed by atoms with Gasteiger partial charge in [0.15, 0.2) is 11.9 Å². The van der Waals surface area contributed by atoms with Crippen molar-refractivity contribution < 1.29 is 19.1 Å². The third kappa shape index (κ3) is 2.56. The molecule has 2 aromatic rings. The molecule has 2 heterocycles. The van der Waals surface area contributed by atoms with Crippen LogP contribution in [0.1, 0.15) is 29.1 Å². The summed E-state index contributed by atoms with van der Waals surface area (Å²) in [6.45, 7) is 3.42. The number of rotatable bonds is 3. The van der Waals surface area contributed by atoms with Gasteiger partial charge in [-0.25, -0.2) is 4.79 Å². The van der Waals surface area contributed by atoms with Crippen LogP contribution >= 0.6 is 11.3 Å². The summed E-state index contributed by atoms with van der Waals surface area (Å²) in [6, 6.07) is 9.52. The highest BCUT2D eigenvalue weighted by molar-refractivity contribution is 7.17. The van der Waals surface area contributed by atoms with Crippen molar-refractivity contribution in [3.8, 4) is 16.2 Å². The van der Waals surface area contributed by atoms with Crippen LogP contribution in [0.5, 0.6) is 5.75 Å². The fraction of sp³-hybridized carbons (Fsp3) is 0.250. The second-order valence-corrected chi connectivity index (χ2v) is 5.96. The Kier molecular flexibility index (Phi) is 3.51. The Morgan fingerprint density at radius 2 is 2.10 bits per heavy atom. The second-order valence-electron chi connectivity index (χ2n) is 4.91. The highest BCUT2D eigenvalue weighted by Crippen LogP contribution is 2.42. The molecule has 0 unspecified atom stereocenters. The van der Waals surface area contributed by atoms with Gasteiger partial charge < -0.3 is 9.47 Å². The molecule has 3 rings (SSSR count). The first-order valence-corrected chi connectivity index (χ1v) is 7.44. The first-order valence-electron chi connectivity index (χ1n) is 6.62. The van der Waals surface area contributed by atoms with E-state index >= 15 is 0 Å². The molecule has 4 nitrogen and oxygen atoms in total. The molecule has 0 N–H and O–H groups in total. The predicted octanol–water partition coefficient (Wildman–Crippen LogP) is 3.44. The molecule has 1 aromatic carbocycles. The lowest BCUT2D eigenvalue weighted by molar-refractivity contribution is -0.124. The molecule has 0 spiro atoms. The van der Waals surface area contributed by atoms with Crippen molar-refractivity contribution in [2.75, 3.05) is 0 Å². The van der Waals surface area contributed by atoms with Crippen LogP contribution in [-0.4, -0.2) is 17.9 Å². The van der Waals surface area contributed by atoms with Gasteiger partial charge in [0.2, 0.25) is 0 Å². The molecule has 0 bridgehead atoms. The first kappa shape index (κ1) is 13.8. The summed E-state index contributed by atoms with van der Waals surface area (Å²) in [5.74, 6) is 0.191. The first-order chi connectivity index (χ1) is 10.1. The molecule has 108 valence electrons. The maximum Gasteiger partial charge on any atom is 0.349 e. The van der Waals surface area contributed by atoms with E-state index in [0.29, 0.717) is 11.5 Å². The van der Waals surface area contributed by atoms with Gasteiger partial charge in [-0.2, -0.15) is 0 Å². The van der Waals surface area contributed by atoms with Crippen molar-refractivity contribution >= 4 is 23.1 Å². The third-order valence-electron chi connectivity index (χ3n) is 3.38. The van der Waals surface area contributed by atoms with Gasteiger partial charge in [0.25, 0.3) is 0 Å². The van der Waals surface area contributed by atoms with E-state index in [9.17, 15) is 9.59 Å². The number of hydrogen-bond acceptors (Lipinski definition) is 5. The van der Waals surface area contributed by atoms with Gasteiger partial charge in [-0.3, -0.25) is 4.79 Å². The van der Waals surface area contributed by atoms with Crippen LogP contribution in [0.4, 0.5) is 0 Å². The summed E-state index contributed by atoms with van der Waals surface area (Å²) in [7, 11) is 0.